The van der Waals surface area contributed by atoms with Crippen molar-refractivity contribution in [2.24, 2.45) is 0 Å². The third-order valence-corrected chi connectivity index (χ3v) is 2.30. The van der Waals surface area contributed by atoms with E-state index in [1.54, 1.807) is 0 Å². The number of hydrogen-bond donors (Lipinski definition) is 0. The van der Waals surface area contributed by atoms with Gasteiger partial charge in [0.05, 0.1) is 26.4 Å². The largest absolute Gasteiger partial charge is 0.466 e. The summed E-state index contributed by atoms with van der Waals surface area (Å²) in [7, 11) is 5.15. The molecular weight excluding hydrogens is 272 g/mol. The molecule has 8 nitrogen and oxygen atoms in total. The highest BCUT2D eigenvalue weighted by molar-refractivity contribution is 5.83. The monoisotopic (exact) mass is 288 g/mol. The van der Waals surface area contributed by atoms with Gasteiger partial charge >= 0.3 is 11.9 Å². The van der Waals surface area contributed by atoms with Crippen LogP contribution in [0.25, 0.3) is 0 Å². The molecule has 1 heterocycles. The molecular formula is C12H16O8. The molecule has 0 N–H and O–H groups in total. The molecule has 2 unspecified atom stereocenters. The van der Waals surface area contributed by atoms with Crippen molar-refractivity contribution in [3.8, 4) is 0 Å². The number of esters is 2. The van der Waals surface area contributed by atoms with Crippen LogP contribution in [0.15, 0.2) is 23.7 Å². The molecule has 0 amide bonds. The van der Waals surface area contributed by atoms with Crippen molar-refractivity contribution < 1.29 is 38.0 Å². The zero-order valence-corrected chi connectivity index (χ0v) is 11.6. The van der Waals surface area contributed by atoms with E-state index >= 15 is 0 Å². The minimum absolute atomic E-state index is 0.0632. The van der Waals surface area contributed by atoms with E-state index in [0.29, 0.717) is 0 Å². The Morgan fingerprint density at radius 2 is 1.20 bits per heavy atom. The van der Waals surface area contributed by atoms with Crippen LogP contribution in [0.4, 0.5) is 0 Å². The fourth-order valence-electron chi connectivity index (χ4n) is 1.36. The van der Waals surface area contributed by atoms with Crippen molar-refractivity contribution in [2.75, 3.05) is 28.4 Å². The first-order chi connectivity index (χ1) is 9.55. The highest BCUT2D eigenvalue weighted by atomic mass is 16.8. The van der Waals surface area contributed by atoms with Gasteiger partial charge in [0.1, 0.15) is 0 Å². The molecule has 0 spiro atoms. The first kappa shape index (κ1) is 16.0. The maximum absolute atomic E-state index is 11.2. The van der Waals surface area contributed by atoms with E-state index in [9.17, 15) is 9.59 Å². The Morgan fingerprint density at radius 1 is 0.850 bits per heavy atom. The minimum Gasteiger partial charge on any atom is -0.466 e. The average molecular weight is 288 g/mol. The second-order valence-corrected chi connectivity index (χ2v) is 3.51. The van der Waals surface area contributed by atoms with Gasteiger partial charge in [0.15, 0.2) is 11.5 Å². The molecule has 0 bridgehead atoms. The molecule has 0 aromatic carbocycles. The number of methoxy groups -OCH3 is 4. The van der Waals surface area contributed by atoms with E-state index in [2.05, 4.69) is 9.47 Å². The Bertz CT molecular complexity index is 385. The SMILES string of the molecule is COC(=O)/C=C1/OC(OC)/C(=C\C(=O)OC)OC1OC. The zero-order chi connectivity index (χ0) is 15.1. The Labute approximate surface area is 115 Å². The maximum atomic E-state index is 11.2. The molecule has 0 aromatic rings. The molecule has 1 rings (SSSR count). The van der Waals surface area contributed by atoms with Crippen molar-refractivity contribution in [1.82, 2.24) is 0 Å². The third-order valence-electron chi connectivity index (χ3n) is 2.30. The Morgan fingerprint density at radius 3 is 1.45 bits per heavy atom. The van der Waals surface area contributed by atoms with Crippen LogP contribution in [0.2, 0.25) is 0 Å². The van der Waals surface area contributed by atoms with Crippen LogP contribution in [-0.2, 0) is 38.0 Å². The first-order valence-electron chi connectivity index (χ1n) is 5.53. The van der Waals surface area contributed by atoms with Crippen LogP contribution in [0, 0.1) is 0 Å². The van der Waals surface area contributed by atoms with Crippen molar-refractivity contribution in [1.29, 1.82) is 0 Å². The summed E-state index contributed by atoms with van der Waals surface area (Å²) in [6, 6.07) is 0. The van der Waals surface area contributed by atoms with Gasteiger partial charge in [0, 0.05) is 14.2 Å². The second kappa shape index (κ2) is 7.51. The highest BCUT2D eigenvalue weighted by Gasteiger charge is 2.34. The van der Waals surface area contributed by atoms with Gasteiger partial charge < -0.3 is 28.4 Å². The number of carbonyl (C=O) groups excluding carboxylic acids is 2. The van der Waals surface area contributed by atoms with Gasteiger partial charge in [-0.1, -0.05) is 0 Å². The van der Waals surface area contributed by atoms with Gasteiger partial charge in [-0.2, -0.15) is 0 Å². The van der Waals surface area contributed by atoms with E-state index in [-0.39, 0.29) is 11.5 Å². The summed E-state index contributed by atoms with van der Waals surface area (Å²) in [6.45, 7) is 0. The van der Waals surface area contributed by atoms with Gasteiger partial charge in [0.25, 0.3) is 12.6 Å². The molecule has 1 aliphatic rings. The van der Waals surface area contributed by atoms with Crippen molar-refractivity contribution >= 4 is 11.9 Å². The fourth-order valence-corrected chi connectivity index (χ4v) is 1.36. The Hall–Kier alpha value is -2.06. The fraction of sp³-hybridized carbons (Fsp3) is 0.500. The smallest absolute Gasteiger partial charge is 0.334 e. The quantitative estimate of drug-likeness (QED) is 0.531. The molecule has 112 valence electrons. The van der Waals surface area contributed by atoms with Gasteiger partial charge in [-0.3, -0.25) is 0 Å². The Balaban J connectivity index is 2.99. The summed E-state index contributed by atoms with van der Waals surface area (Å²) in [4.78, 5) is 22.4. The third kappa shape index (κ3) is 3.97. The highest BCUT2D eigenvalue weighted by Crippen LogP contribution is 2.27. The number of hydrogen-bond acceptors (Lipinski definition) is 8. The lowest BCUT2D eigenvalue weighted by Gasteiger charge is -2.32. The van der Waals surface area contributed by atoms with Crippen LogP contribution < -0.4 is 0 Å². The number of carbonyl (C=O) groups is 2. The van der Waals surface area contributed by atoms with Crippen LogP contribution in [-0.4, -0.2) is 53.0 Å². The minimum atomic E-state index is -1.00. The van der Waals surface area contributed by atoms with E-state index in [0.717, 1.165) is 12.2 Å². The molecule has 0 aliphatic carbocycles. The first-order valence-corrected chi connectivity index (χ1v) is 5.53. The van der Waals surface area contributed by atoms with Crippen LogP contribution in [0.1, 0.15) is 0 Å². The molecule has 1 saturated heterocycles. The lowest BCUT2D eigenvalue weighted by atomic mass is 10.3. The van der Waals surface area contributed by atoms with Crippen molar-refractivity contribution in [2.45, 2.75) is 12.6 Å². The van der Waals surface area contributed by atoms with E-state index < -0.39 is 24.5 Å². The Kier molecular flexibility index (Phi) is 6.01. The number of ether oxygens (including phenoxy) is 6. The summed E-state index contributed by atoms with van der Waals surface area (Å²) < 4.78 is 29.8. The molecule has 0 saturated carbocycles. The van der Waals surface area contributed by atoms with Gasteiger partial charge in [-0.25, -0.2) is 9.59 Å². The lowest BCUT2D eigenvalue weighted by Crippen LogP contribution is -2.35. The number of rotatable bonds is 4. The molecule has 20 heavy (non-hydrogen) atoms. The van der Waals surface area contributed by atoms with Crippen molar-refractivity contribution in [3.05, 3.63) is 23.7 Å². The van der Waals surface area contributed by atoms with Gasteiger partial charge in [0.2, 0.25) is 0 Å². The predicted octanol–water partition coefficient (Wildman–Crippen LogP) is 0.0920. The second-order valence-electron chi connectivity index (χ2n) is 3.51. The van der Waals surface area contributed by atoms with Crippen LogP contribution >= 0.6 is 0 Å². The summed E-state index contributed by atoms with van der Waals surface area (Å²) >= 11 is 0. The van der Waals surface area contributed by atoms with E-state index in [1.165, 1.54) is 28.4 Å². The summed E-state index contributed by atoms with van der Waals surface area (Å²) in [5.41, 5.74) is 0. The standard InChI is InChI=1S/C12H16O8/c1-15-9(13)5-7-11(17-3)20-8(6-10(14)16-2)12(18-4)19-7/h5-6,11-12H,1-4H3/b7-5+,8-6+. The molecule has 2 atom stereocenters. The molecule has 1 fully saturated rings. The zero-order valence-electron chi connectivity index (χ0n) is 11.6. The molecule has 0 aromatic heterocycles. The van der Waals surface area contributed by atoms with Gasteiger partial charge in [-0.15, -0.1) is 0 Å². The van der Waals surface area contributed by atoms with E-state index in [4.69, 9.17) is 18.9 Å². The van der Waals surface area contributed by atoms with E-state index in [1.807, 2.05) is 0 Å². The lowest BCUT2D eigenvalue weighted by molar-refractivity contribution is -0.209. The topological polar surface area (TPSA) is 89.5 Å². The molecule has 8 heteroatoms. The van der Waals surface area contributed by atoms with Crippen LogP contribution in [0.3, 0.4) is 0 Å². The average Bonchev–Trinajstić information content (AvgIpc) is 2.47. The normalized spacial score (nSPS) is 25.8. The predicted molar refractivity (Wildman–Crippen MR) is 64.0 cm³/mol. The summed E-state index contributed by atoms with van der Waals surface area (Å²) in [5, 5.41) is 0. The summed E-state index contributed by atoms with van der Waals surface area (Å²) in [6.07, 6.45) is 0.123. The van der Waals surface area contributed by atoms with Crippen molar-refractivity contribution in [3.63, 3.8) is 0 Å². The van der Waals surface area contributed by atoms with Crippen LogP contribution in [0.5, 0.6) is 0 Å². The maximum Gasteiger partial charge on any atom is 0.334 e. The molecule has 1 aliphatic heterocycles. The molecule has 0 radical (unpaired) electrons. The summed E-state index contributed by atoms with van der Waals surface area (Å²) in [5.74, 6) is -1.15. The van der Waals surface area contributed by atoms with Gasteiger partial charge in [-0.05, 0) is 0 Å².